The summed E-state index contributed by atoms with van der Waals surface area (Å²) in [7, 11) is -3.20. The van der Waals surface area contributed by atoms with E-state index in [9.17, 15) is 13.2 Å². The van der Waals surface area contributed by atoms with Gasteiger partial charge >= 0.3 is 6.03 Å². The normalized spacial score (nSPS) is 12.8. The summed E-state index contributed by atoms with van der Waals surface area (Å²) in [5.41, 5.74) is 0.559. The molecule has 0 bridgehead atoms. The molecular weight excluding hydrogens is 252 g/mol. The van der Waals surface area contributed by atoms with E-state index in [4.69, 9.17) is 0 Å². The van der Waals surface area contributed by atoms with Crippen LogP contribution in [0.4, 0.5) is 10.5 Å². The SMILES string of the molecule is CC[C@@H](C)NC(=O)Nc1ccc(S(C)(=O)=O)cc1. The minimum Gasteiger partial charge on any atom is -0.335 e. The lowest BCUT2D eigenvalue weighted by molar-refractivity contribution is 0.249. The van der Waals surface area contributed by atoms with Gasteiger partial charge < -0.3 is 10.6 Å². The first-order valence-corrected chi connectivity index (χ1v) is 7.59. The molecule has 1 aromatic carbocycles. The number of rotatable bonds is 4. The molecule has 100 valence electrons. The maximum absolute atomic E-state index is 11.5. The van der Waals surface area contributed by atoms with Crippen LogP contribution >= 0.6 is 0 Å². The zero-order valence-electron chi connectivity index (χ0n) is 10.7. The second-order valence-electron chi connectivity index (χ2n) is 4.20. The molecule has 0 aliphatic carbocycles. The van der Waals surface area contributed by atoms with Gasteiger partial charge in [-0.3, -0.25) is 0 Å². The van der Waals surface area contributed by atoms with E-state index < -0.39 is 9.84 Å². The van der Waals surface area contributed by atoms with Crippen molar-refractivity contribution in [1.29, 1.82) is 0 Å². The largest absolute Gasteiger partial charge is 0.335 e. The summed E-state index contributed by atoms with van der Waals surface area (Å²) in [5.74, 6) is 0. The molecule has 0 heterocycles. The zero-order valence-corrected chi connectivity index (χ0v) is 11.5. The molecule has 6 heteroatoms. The number of urea groups is 1. The van der Waals surface area contributed by atoms with E-state index in [1.54, 1.807) is 12.1 Å². The Morgan fingerprint density at radius 3 is 2.28 bits per heavy atom. The molecule has 0 fully saturated rings. The fourth-order valence-electron chi connectivity index (χ4n) is 1.28. The van der Waals surface area contributed by atoms with Crippen molar-refractivity contribution in [2.24, 2.45) is 0 Å². The Hall–Kier alpha value is -1.56. The maximum atomic E-state index is 11.5. The number of benzene rings is 1. The molecule has 0 aromatic heterocycles. The Kier molecular flexibility index (Phi) is 4.72. The van der Waals surface area contributed by atoms with Gasteiger partial charge in [0.05, 0.1) is 4.90 Å². The van der Waals surface area contributed by atoms with Gasteiger partial charge in [-0.05, 0) is 37.6 Å². The second-order valence-corrected chi connectivity index (χ2v) is 6.22. The number of amides is 2. The van der Waals surface area contributed by atoms with Crippen molar-refractivity contribution in [3.05, 3.63) is 24.3 Å². The van der Waals surface area contributed by atoms with Crippen LogP contribution in [-0.2, 0) is 9.84 Å². The maximum Gasteiger partial charge on any atom is 0.319 e. The monoisotopic (exact) mass is 270 g/mol. The minimum atomic E-state index is -3.20. The van der Waals surface area contributed by atoms with Gasteiger partial charge in [0.15, 0.2) is 9.84 Å². The van der Waals surface area contributed by atoms with Crippen molar-refractivity contribution < 1.29 is 13.2 Å². The standard InChI is InChI=1S/C12H18N2O3S/c1-4-9(2)13-12(15)14-10-5-7-11(8-6-10)18(3,16)17/h5-9H,4H2,1-3H3,(H2,13,14,15)/t9-/m1/s1. The Morgan fingerprint density at radius 1 is 1.28 bits per heavy atom. The number of carbonyl (C=O) groups is 1. The van der Waals surface area contributed by atoms with Gasteiger partial charge in [0.25, 0.3) is 0 Å². The number of sulfone groups is 1. The lowest BCUT2D eigenvalue weighted by Gasteiger charge is -2.12. The zero-order chi connectivity index (χ0) is 13.8. The van der Waals surface area contributed by atoms with Crippen LogP contribution in [0.2, 0.25) is 0 Å². The lowest BCUT2D eigenvalue weighted by atomic mass is 10.3. The summed E-state index contributed by atoms with van der Waals surface area (Å²) in [6.07, 6.45) is 1.99. The first kappa shape index (κ1) is 14.5. The van der Waals surface area contributed by atoms with Gasteiger partial charge in [-0.2, -0.15) is 0 Å². The van der Waals surface area contributed by atoms with Gasteiger partial charge in [0, 0.05) is 18.0 Å². The van der Waals surface area contributed by atoms with E-state index >= 15 is 0 Å². The highest BCUT2D eigenvalue weighted by Crippen LogP contribution is 2.13. The summed E-state index contributed by atoms with van der Waals surface area (Å²) in [6.45, 7) is 3.89. The number of carbonyl (C=O) groups excluding carboxylic acids is 1. The average molecular weight is 270 g/mol. The Morgan fingerprint density at radius 2 is 1.83 bits per heavy atom. The Labute approximate surface area is 108 Å². The molecule has 18 heavy (non-hydrogen) atoms. The number of anilines is 1. The van der Waals surface area contributed by atoms with Gasteiger partial charge in [0.1, 0.15) is 0 Å². The van der Waals surface area contributed by atoms with E-state index in [2.05, 4.69) is 10.6 Å². The fourth-order valence-corrected chi connectivity index (χ4v) is 1.91. The molecule has 1 atom stereocenters. The fraction of sp³-hybridized carbons (Fsp3) is 0.417. The van der Waals surface area contributed by atoms with Crippen molar-refractivity contribution in [2.45, 2.75) is 31.2 Å². The molecule has 2 N–H and O–H groups in total. The molecule has 0 unspecified atom stereocenters. The average Bonchev–Trinajstić information content (AvgIpc) is 2.28. The highest BCUT2D eigenvalue weighted by molar-refractivity contribution is 7.90. The third-order valence-corrected chi connectivity index (χ3v) is 3.66. The summed E-state index contributed by atoms with van der Waals surface area (Å²) >= 11 is 0. The van der Waals surface area contributed by atoms with Crippen LogP contribution < -0.4 is 10.6 Å². The summed E-state index contributed by atoms with van der Waals surface area (Å²) in [5, 5.41) is 5.40. The highest BCUT2D eigenvalue weighted by atomic mass is 32.2. The van der Waals surface area contributed by atoms with Crippen LogP contribution in [-0.4, -0.2) is 26.7 Å². The molecule has 5 nitrogen and oxygen atoms in total. The third kappa shape index (κ3) is 4.37. The molecule has 1 aromatic rings. The molecule has 0 saturated heterocycles. The number of hydrogen-bond donors (Lipinski definition) is 2. The summed E-state index contributed by atoms with van der Waals surface area (Å²) in [4.78, 5) is 11.8. The Balaban J connectivity index is 2.67. The number of hydrogen-bond acceptors (Lipinski definition) is 3. The van der Waals surface area contributed by atoms with Crippen LogP contribution in [0.1, 0.15) is 20.3 Å². The summed E-state index contributed by atoms with van der Waals surface area (Å²) in [6, 6.07) is 5.86. The van der Waals surface area contributed by atoms with Crippen LogP contribution in [0.3, 0.4) is 0 Å². The van der Waals surface area contributed by atoms with E-state index in [0.717, 1.165) is 12.7 Å². The Bertz CT molecular complexity index is 509. The molecular formula is C12H18N2O3S. The second kappa shape index (κ2) is 5.86. The number of nitrogens with one attached hydrogen (secondary N) is 2. The first-order chi connectivity index (χ1) is 8.32. The third-order valence-electron chi connectivity index (χ3n) is 2.53. The molecule has 2 amide bonds. The minimum absolute atomic E-state index is 0.0975. The van der Waals surface area contributed by atoms with Gasteiger partial charge in [-0.15, -0.1) is 0 Å². The van der Waals surface area contributed by atoms with Crippen molar-refractivity contribution in [1.82, 2.24) is 5.32 Å². The van der Waals surface area contributed by atoms with Crippen molar-refractivity contribution in [3.63, 3.8) is 0 Å². The molecule has 0 spiro atoms. The highest BCUT2D eigenvalue weighted by Gasteiger charge is 2.08. The molecule has 0 radical (unpaired) electrons. The predicted octanol–water partition coefficient (Wildman–Crippen LogP) is 2.01. The summed E-state index contributed by atoms with van der Waals surface area (Å²) < 4.78 is 22.5. The smallest absolute Gasteiger partial charge is 0.319 e. The lowest BCUT2D eigenvalue weighted by Crippen LogP contribution is -2.35. The molecule has 0 saturated carbocycles. The van der Waals surface area contributed by atoms with Gasteiger partial charge in [0.2, 0.25) is 0 Å². The van der Waals surface area contributed by atoms with Gasteiger partial charge in [-0.1, -0.05) is 6.92 Å². The van der Waals surface area contributed by atoms with Crippen LogP contribution in [0.25, 0.3) is 0 Å². The predicted molar refractivity (Wildman–Crippen MR) is 71.5 cm³/mol. The van der Waals surface area contributed by atoms with E-state index in [-0.39, 0.29) is 17.0 Å². The van der Waals surface area contributed by atoms with Crippen LogP contribution in [0.15, 0.2) is 29.2 Å². The molecule has 0 aliphatic rings. The van der Waals surface area contributed by atoms with Crippen molar-refractivity contribution in [3.8, 4) is 0 Å². The van der Waals surface area contributed by atoms with Crippen molar-refractivity contribution in [2.75, 3.05) is 11.6 Å². The van der Waals surface area contributed by atoms with Gasteiger partial charge in [-0.25, -0.2) is 13.2 Å². The molecule has 1 rings (SSSR count). The van der Waals surface area contributed by atoms with E-state index in [1.165, 1.54) is 12.1 Å². The topological polar surface area (TPSA) is 75.3 Å². The van der Waals surface area contributed by atoms with E-state index in [0.29, 0.717) is 5.69 Å². The first-order valence-electron chi connectivity index (χ1n) is 5.70. The molecule has 0 aliphatic heterocycles. The van der Waals surface area contributed by atoms with E-state index in [1.807, 2.05) is 13.8 Å². The quantitative estimate of drug-likeness (QED) is 0.878. The van der Waals surface area contributed by atoms with Crippen LogP contribution in [0, 0.1) is 0 Å². The van der Waals surface area contributed by atoms with Crippen molar-refractivity contribution >= 4 is 21.6 Å². The van der Waals surface area contributed by atoms with Crippen LogP contribution in [0.5, 0.6) is 0 Å².